The average Bonchev–Trinajstić information content (AvgIpc) is 3.21. The van der Waals surface area contributed by atoms with Gasteiger partial charge in [0.15, 0.2) is 0 Å². The first-order chi connectivity index (χ1) is 15.5. The molecule has 11 nitrogen and oxygen atoms in total. The van der Waals surface area contributed by atoms with Gasteiger partial charge in [0.25, 0.3) is 0 Å². The minimum Gasteiger partial charge on any atom is -0.491 e. The number of aliphatic carboxylic acids is 1. The summed E-state index contributed by atoms with van der Waals surface area (Å²) in [4.78, 5) is 29.2. The first-order valence-corrected chi connectivity index (χ1v) is 10.8. The zero-order valence-electron chi connectivity index (χ0n) is 17.0. The van der Waals surface area contributed by atoms with Crippen molar-refractivity contribution in [3.63, 3.8) is 0 Å². The van der Waals surface area contributed by atoms with Crippen molar-refractivity contribution < 1.29 is 28.9 Å². The molecule has 13 heteroatoms. The van der Waals surface area contributed by atoms with Gasteiger partial charge in [0, 0.05) is 22.4 Å². The predicted octanol–water partition coefficient (Wildman–Crippen LogP) is 2.93. The highest BCUT2D eigenvalue weighted by atomic mass is 35.5. The fourth-order valence-electron chi connectivity index (χ4n) is 2.36. The number of amides is 1. The Hall–Kier alpha value is -2.89. The third-order valence-corrected chi connectivity index (χ3v) is 5.01. The molecule has 0 aliphatic rings. The number of nitrogens with one attached hydrogen (secondary N) is 1. The van der Waals surface area contributed by atoms with Crippen LogP contribution in [0, 0.1) is 0 Å². The van der Waals surface area contributed by atoms with Crippen molar-refractivity contribution in [2.45, 2.75) is 6.42 Å². The highest BCUT2D eigenvalue weighted by molar-refractivity contribution is 7.13. The van der Waals surface area contributed by atoms with Crippen molar-refractivity contribution in [1.29, 1.82) is 0 Å². The van der Waals surface area contributed by atoms with Gasteiger partial charge >= 0.3 is 5.97 Å². The van der Waals surface area contributed by atoms with E-state index in [1.807, 2.05) is 0 Å². The molecule has 0 radical (unpaired) electrons. The van der Waals surface area contributed by atoms with Crippen LogP contribution in [-0.2, 0) is 25.5 Å². The molecule has 1 amide bonds. The minimum absolute atomic E-state index is 0.0125. The lowest BCUT2D eigenvalue weighted by Gasteiger charge is -2.09. The molecule has 0 bridgehead atoms. The number of carbonyl (C=O) groups is 2. The number of nitrogens with zero attached hydrogens (tertiary/aromatic N) is 4. The van der Waals surface area contributed by atoms with Crippen molar-refractivity contribution in [2.24, 2.45) is 5.11 Å². The number of aromatic nitrogens is 1. The van der Waals surface area contributed by atoms with E-state index < -0.39 is 18.4 Å². The van der Waals surface area contributed by atoms with Crippen LogP contribution in [0.15, 0.2) is 28.7 Å². The molecule has 172 valence electrons. The van der Waals surface area contributed by atoms with Crippen LogP contribution < -0.4 is 10.1 Å². The normalized spacial score (nSPS) is 10.4. The van der Waals surface area contributed by atoms with E-state index in [0.717, 1.165) is 0 Å². The van der Waals surface area contributed by atoms with Gasteiger partial charge in [-0.15, -0.1) is 11.3 Å². The summed E-state index contributed by atoms with van der Waals surface area (Å²) in [7, 11) is 0. The summed E-state index contributed by atoms with van der Waals surface area (Å²) in [6, 6.07) is 5.22. The summed E-state index contributed by atoms with van der Waals surface area (Å²) in [5.74, 6) is -0.940. The van der Waals surface area contributed by atoms with Crippen molar-refractivity contribution in [2.75, 3.05) is 46.1 Å². The van der Waals surface area contributed by atoms with Crippen LogP contribution in [0.3, 0.4) is 0 Å². The van der Waals surface area contributed by atoms with Gasteiger partial charge in [-0.2, -0.15) is 0 Å². The van der Waals surface area contributed by atoms with E-state index in [-0.39, 0.29) is 6.42 Å². The van der Waals surface area contributed by atoms with Gasteiger partial charge in [0.1, 0.15) is 23.9 Å². The van der Waals surface area contributed by atoms with E-state index in [1.165, 1.54) is 11.3 Å². The molecule has 1 aromatic heterocycles. The number of hydrogen-bond acceptors (Lipinski definition) is 8. The quantitative estimate of drug-likeness (QED) is 0.171. The molecule has 0 saturated carbocycles. The third kappa shape index (κ3) is 9.50. The van der Waals surface area contributed by atoms with Gasteiger partial charge in [0.05, 0.1) is 43.6 Å². The molecule has 0 aliphatic heterocycles. The molecule has 0 spiro atoms. The maximum Gasteiger partial charge on any atom is 0.322 e. The van der Waals surface area contributed by atoms with Crippen molar-refractivity contribution in [3.8, 4) is 16.3 Å². The summed E-state index contributed by atoms with van der Waals surface area (Å²) < 4.78 is 16.2. The van der Waals surface area contributed by atoms with Crippen molar-refractivity contribution in [3.05, 3.63) is 44.7 Å². The highest BCUT2D eigenvalue weighted by Gasteiger charge is 2.12. The Labute approximate surface area is 192 Å². The molecule has 1 aromatic carbocycles. The Balaban J connectivity index is 1.74. The second-order valence-electron chi connectivity index (χ2n) is 6.16. The maximum absolute atomic E-state index is 11.7. The molecular weight excluding hydrogens is 462 g/mol. The largest absolute Gasteiger partial charge is 0.491 e. The van der Waals surface area contributed by atoms with Gasteiger partial charge in [0.2, 0.25) is 5.91 Å². The van der Waals surface area contributed by atoms with Crippen LogP contribution >= 0.6 is 22.9 Å². The van der Waals surface area contributed by atoms with E-state index in [2.05, 4.69) is 20.3 Å². The first kappa shape index (κ1) is 25.4. The maximum atomic E-state index is 11.7. The lowest BCUT2D eigenvalue weighted by molar-refractivity contribution is -0.137. The van der Waals surface area contributed by atoms with Gasteiger partial charge in [-0.3, -0.25) is 9.59 Å². The number of halogens is 1. The monoisotopic (exact) mass is 483 g/mol. The number of benzene rings is 1. The van der Waals surface area contributed by atoms with Crippen LogP contribution in [0.4, 0.5) is 0 Å². The molecule has 0 fully saturated rings. The Morgan fingerprint density at radius 2 is 1.97 bits per heavy atom. The zero-order chi connectivity index (χ0) is 23.2. The van der Waals surface area contributed by atoms with Crippen molar-refractivity contribution >= 4 is 34.8 Å². The van der Waals surface area contributed by atoms with Crippen LogP contribution in [-0.4, -0.2) is 68.1 Å². The fraction of sp³-hybridized carbons (Fsp3) is 0.421. The number of carboxylic acids is 1. The summed E-state index contributed by atoms with van der Waals surface area (Å²) in [6.07, 6.45) is -0.0125. The molecule has 0 unspecified atom stereocenters. The van der Waals surface area contributed by atoms with E-state index in [9.17, 15) is 9.59 Å². The predicted molar refractivity (Wildman–Crippen MR) is 118 cm³/mol. The second kappa shape index (κ2) is 14.2. The van der Waals surface area contributed by atoms with Gasteiger partial charge in [-0.25, -0.2) is 4.98 Å². The first-order valence-electron chi connectivity index (χ1n) is 9.51. The number of hydrogen-bond donors (Lipinski definition) is 2. The second-order valence-corrected chi connectivity index (χ2v) is 7.43. The smallest absolute Gasteiger partial charge is 0.322 e. The number of carbonyl (C=O) groups excluding carboxylic acids is 1. The summed E-state index contributed by atoms with van der Waals surface area (Å²) in [5, 5.41) is 17.1. The molecule has 2 aromatic rings. The lowest BCUT2D eigenvalue weighted by atomic mass is 10.2. The fourth-order valence-corrected chi connectivity index (χ4v) is 3.54. The zero-order valence-corrected chi connectivity index (χ0v) is 18.6. The Morgan fingerprint density at radius 3 is 2.69 bits per heavy atom. The number of carboxylic acid groups (broad SMARTS) is 1. The topological polar surface area (TPSA) is 156 Å². The standard InChI is InChI=1S/C19H22ClN5O6S/c20-16-10-14(31-8-7-30-6-5-29-4-3-23-25-21)1-2-15(16)19-24-13(12-32-19)9-17(26)22-11-18(27)28/h1-2,10,12H,3-9,11H2,(H,22,26)(H,27,28). The molecule has 1 heterocycles. The molecule has 0 aliphatic carbocycles. The molecule has 0 saturated heterocycles. The Kier molecular flexibility index (Phi) is 11.3. The minimum atomic E-state index is -1.11. The van der Waals surface area contributed by atoms with Crippen LogP contribution in [0.1, 0.15) is 5.69 Å². The average molecular weight is 484 g/mol. The third-order valence-electron chi connectivity index (χ3n) is 3.77. The van der Waals surface area contributed by atoms with Crippen molar-refractivity contribution in [1.82, 2.24) is 10.3 Å². The Bertz CT molecular complexity index is 950. The highest BCUT2D eigenvalue weighted by Crippen LogP contribution is 2.33. The molecule has 0 atom stereocenters. The number of thiazole rings is 1. The van der Waals surface area contributed by atoms with Gasteiger partial charge in [-0.1, -0.05) is 16.7 Å². The van der Waals surface area contributed by atoms with Gasteiger partial charge < -0.3 is 24.6 Å². The van der Waals surface area contributed by atoms with Crippen LogP contribution in [0.5, 0.6) is 5.75 Å². The summed E-state index contributed by atoms with van der Waals surface area (Å²) in [6.45, 7) is 1.73. The number of azide groups is 1. The SMILES string of the molecule is [N-]=[N+]=NCCOCCOCCOc1ccc(-c2nc(CC(=O)NCC(=O)O)cs2)c(Cl)c1. The number of rotatable bonds is 15. The Morgan fingerprint density at radius 1 is 1.22 bits per heavy atom. The summed E-state index contributed by atoms with van der Waals surface area (Å²) in [5.41, 5.74) is 9.37. The molecule has 32 heavy (non-hydrogen) atoms. The number of ether oxygens (including phenoxy) is 3. The van der Waals surface area contributed by atoms with E-state index in [0.29, 0.717) is 66.6 Å². The van der Waals surface area contributed by atoms with E-state index >= 15 is 0 Å². The molecule has 2 rings (SSSR count). The molecule has 2 N–H and O–H groups in total. The van der Waals surface area contributed by atoms with Gasteiger partial charge in [-0.05, 0) is 23.7 Å². The lowest BCUT2D eigenvalue weighted by Crippen LogP contribution is -2.30. The van der Waals surface area contributed by atoms with E-state index in [4.69, 9.17) is 36.4 Å². The van der Waals surface area contributed by atoms with Crippen LogP contribution in [0.2, 0.25) is 5.02 Å². The van der Waals surface area contributed by atoms with E-state index in [1.54, 1.807) is 23.6 Å². The van der Waals surface area contributed by atoms with Crippen LogP contribution in [0.25, 0.3) is 21.0 Å². The summed E-state index contributed by atoms with van der Waals surface area (Å²) >= 11 is 7.70. The molecular formula is C19H22ClN5O6S.